The fourth-order valence-electron chi connectivity index (χ4n) is 5.50. The predicted octanol–water partition coefficient (Wildman–Crippen LogP) is 8.50. The van der Waals surface area contributed by atoms with Crippen LogP contribution in [0.2, 0.25) is 0 Å². The molecule has 0 aliphatic carbocycles. The minimum Gasteiger partial charge on any atom is -0.469 e. The zero-order valence-electron chi connectivity index (χ0n) is 24.5. The third-order valence-corrected chi connectivity index (χ3v) is 8.53. The van der Waals surface area contributed by atoms with Crippen LogP contribution in [0.1, 0.15) is 86.8 Å². The number of hydrogen-bond donors (Lipinski definition) is 1. The summed E-state index contributed by atoms with van der Waals surface area (Å²) in [6, 6.07) is 18.2. The highest BCUT2D eigenvalue weighted by Crippen LogP contribution is 2.41. The van der Waals surface area contributed by atoms with Crippen LogP contribution in [0.5, 0.6) is 0 Å². The molecular formula is C35H43FO3. The molecule has 3 nitrogen and oxygen atoms in total. The van der Waals surface area contributed by atoms with Gasteiger partial charge in [0.25, 0.3) is 0 Å². The highest BCUT2D eigenvalue weighted by molar-refractivity contribution is 5.74. The molecule has 0 bridgehead atoms. The Morgan fingerprint density at radius 2 is 1.49 bits per heavy atom. The molecule has 0 spiro atoms. The smallest absolute Gasteiger partial charge is 0.310 e. The molecule has 0 radical (unpaired) electrons. The number of methoxy groups -OCH3 is 1. The number of ether oxygens (including phenoxy) is 1. The lowest BCUT2D eigenvalue weighted by molar-refractivity contribution is -0.139. The van der Waals surface area contributed by atoms with Gasteiger partial charge in [-0.2, -0.15) is 0 Å². The van der Waals surface area contributed by atoms with Gasteiger partial charge in [0.2, 0.25) is 0 Å². The van der Waals surface area contributed by atoms with Gasteiger partial charge in [-0.25, -0.2) is 4.39 Å². The Hall–Kier alpha value is -3.24. The van der Waals surface area contributed by atoms with E-state index in [4.69, 9.17) is 0 Å². The zero-order chi connectivity index (χ0) is 28.8. The number of rotatable bonds is 11. The number of benzene rings is 3. The van der Waals surface area contributed by atoms with Crippen molar-refractivity contribution in [3.8, 4) is 11.1 Å². The van der Waals surface area contributed by atoms with Crippen molar-refractivity contribution >= 4 is 12.0 Å². The number of aryl methyl sites for hydroxylation is 2. The van der Waals surface area contributed by atoms with Crippen molar-refractivity contribution < 1.29 is 19.0 Å². The molecule has 0 heterocycles. The lowest BCUT2D eigenvalue weighted by Gasteiger charge is -2.34. The van der Waals surface area contributed by atoms with Crippen LogP contribution in [0.25, 0.3) is 17.2 Å². The van der Waals surface area contributed by atoms with Crippen molar-refractivity contribution in [2.24, 2.45) is 0 Å². The van der Waals surface area contributed by atoms with Crippen molar-refractivity contribution in [2.75, 3.05) is 7.11 Å². The molecule has 3 aromatic rings. The molecule has 0 saturated heterocycles. The number of esters is 1. The van der Waals surface area contributed by atoms with Gasteiger partial charge in [-0.15, -0.1) is 0 Å². The number of hydrogen-bond acceptors (Lipinski definition) is 3. The molecule has 0 atom stereocenters. The largest absolute Gasteiger partial charge is 0.469 e. The first kappa shape index (κ1) is 30.3. The van der Waals surface area contributed by atoms with Crippen LogP contribution in [0.4, 0.5) is 4.39 Å². The van der Waals surface area contributed by atoms with Gasteiger partial charge in [0.05, 0.1) is 19.1 Å². The third kappa shape index (κ3) is 6.50. The van der Waals surface area contributed by atoms with Gasteiger partial charge in [0, 0.05) is 5.41 Å². The lowest BCUT2D eigenvalue weighted by Crippen LogP contribution is -2.26. The van der Waals surface area contributed by atoms with Gasteiger partial charge in [0.1, 0.15) is 5.82 Å². The van der Waals surface area contributed by atoms with Crippen molar-refractivity contribution in [1.29, 1.82) is 0 Å². The van der Waals surface area contributed by atoms with Gasteiger partial charge in [-0.05, 0) is 90.1 Å². The quantitative estimate of drug-likeness (QED) is 0.253. The minimum absolute atomic E-state index is 0.0812. The SMILES string of the molecule is CCC(O)(C=Cc1ccc(C(CC)(CC)c2ccc(-c3ccc(CC(=O)OC)c(F)c3)c(C)c2)cc1C)CC. The molecule has 0 aliphatic rings. The maximum atomic E-state index is 14.8. The lowest BCUT2D eigenvalue weighted by atomic mass is 9.69. The van der Waals surface area contributed by atoms with E-state index in [2.05, 4.69) is 68.8 Å². The second-order valence-electron chi connectivity index (χ2n) is 10.6. The molecule has 208 valence electrons. The first-order valence-corrected chi connectivity index (χ1v) is 14.1. The molecule has 0 aromatic heterocycles. The molecule has 3 rings (SSSR count). The van der Waals surface area contributed by atoms with Crippen LogP contribution >= 0.6 is 0 Å². The van der Waals surface area contributed by atoms with Crippen LogP contribution in [-0.4, -0.2) is 23.8 Å². The molecule has 39 heavy (non-hydrogen) atoms. The average molecular weight is 531 g/mol. The van der Waals surface area contributed by atoms with E-state index in [1.165, 1.54) is 29.9 Å². The predicted molar refractivity (Wildman–Crippen MR) is 159 cm³/mol. The third-order valence-electron chi connectivity index (χ3n) is 8.53. The standard InChI is InChI=1S/C35H43FO3/c1-8-34(38,9-2)19-18-26-14-15-29(20-24(26)5)35(10-3,11-4)30-16-17-31(25(6)21-30)27-12-13-28(32(36)22-27)23-33(37)39-7/h12-22,38H,8-11,23H2,1-7H3. The second-order valence-corrected chi connectivity index (χ2v) is 10.6. The Balaban J connectivity index is 1.97. The molecule has 3 aromatic carbocycles. The van der Waals surface area contributed by atoms with Crippen molar-refractivity contribution in [3.63, 3.8) is 0 Å². The molecule has 0 fully saturated rings. The normalized spacial score (nSPS) is 12.2. The Morgan fingerprint density at radius 3 is 2.00 bits per heavy atom. The zero-order valence-corrected chi connectivity index (χ0v) is 24.5. The summed E-state index contributed by atoms with van der Waals surface area (Å²) in [4.78, 5) is 11.6. The molecule has 0 saturated carbocycles. The Morgan fingerprint density at radius 1 is 0.872 bits per heavy atom. The Labute approximate surface area is 233 Å². The van der Waals surface area contributed by atoms with Crippen LogP contribution in [0, 0.1) is 19.7 Å². The van der Waals surface area contributed by atoms with E-state index in [9.17, 15) is 14.3 Å². The summed E-state index contributed by atoms with van der Waals surface area (Å²) in [5.74, 6) is -0.862. The molecule has 1 N–H and O–H groups in total. The molecular weight excluding hydrogens is 487 g/mol. The number of halogens is 1. The van der Waals surface area contributed by atoms with E-state index in [1.807, 2.05) is 32.1 Å². The van der Waals surface area contributed by atoms with Crippen LogP contribution < -0.4 is 0 Å². The average Bonchev–Trinajstić information content (AvgIpc) is 2.94. The van der Waals surface area contributed by atoms with Crippen molar-refractivity contribution in [1.82, 2.24) is 0 Å². The first-order chi connectivity index (χ1) is 18.6. The van der Waals surface area contributed by atoms with Crippen LogP contribution in [0.15, 0.2) is 60.7 Å². The van der Waals surface area contributed by atoms with Gasteiger partial charge < -0.3 is 9.84 Å². The first-order valence-electron chi connectivity index (χ1n) is 14.1. The maximum absolute atomic E-state index is 14.8. The summed E-state index contributed by atoms with van der Waals surface area (Å²) in [5.41, 5.74) is 7.05. The summed E-state index contributed by atoms with van der Waals surface area (Å²) < 4.78 is 19.4. The van der Waals surface area contributed by atoms with Crippen LogP contribution in [-0.2, 0) is 21.4 Å². The minimum atomic E-state index is -0.772. The van der Waals surface area contributed by atoms with Gasteiger partial charge in [-0.1, -0.05) is 88.4 Å². The maximum Gasteiger partial charge on any atom is 0.310 e. The second kappa shape index (κ2) is 12.7. The monoisotopic (exact) mass is 530 g/mol. The number of aliphatic hydroxyl groups is 1. The van der Waals surface area contributed by atoms with Crippen molar-refractivity contribution in [2.45, 2.75) is 84.7 Å². The molecule has 0 aliphatic heterocycles. The van der Waals surface area contributed by atoms with E-state index in [0.717, 1.165) is 35.1 Å². The van der Waals surface area contributed by atoms with Gasteiger partial charge >= 0.3 is 5.97 Å². The van der Waals surface area contributed by atoms with E-state index in [1.54, 1.807) is 6.07 Å². The Kier molecular flexibility index (Phi) is 9.90. The van der Waals surface area contributed by atoms with E-state index in [-0.39, 0.29) is 11.8 Å². The van der Waals surface area contributed by atoms with E-state index in [0.29, 0.717) is 18.4 Å². The summed E-state index contributed by atoms with van der Waals surface area (Å²) in [6.07, 6.45) is 7.15. The summed E-state index contributed by atoms with van der Waals surface area (Å²) >= 11 is 0. The topological polar surface area (TPSA) is 46.5 Å². The summed E-state index contributed by atoms with van der Waals surface area (Å²) in [7, 11) is 1.30. The highest BCUT2D eigenvalue weighted by atomic mass is 19.1. The molecule has 0 amide bonds. The summed E-state index contributed by atoms with van der Waals surface area (Å²) in [6.45, 7) is 12.7. The molecule has 4 heteroatoms. The van der Waals surface area contributed by atoms with E-state index < -0.39 is 17.4 Å². The highest BCUT2D eigenvalue weighted by Gasteiger charge is 2.31. The van der Waals surface area contributed by atoms with Gasteiger partial charge in [-0.3, -0.25) is 4.79 Å². The fraction of sp³-hybridized carbons (Fsp3) is 0.400. The molecule has 0 unspecified atom stereocenters. The van der Waals surface area contributed by atoms with E-state index >= 15 is 0 Å². The van der Waals surface area contributed by atoms with Crippen molar-refractivity contribution in [3.05, 3.63) is 99.9 Å². The Bertz CT molecular complexity index is 1330. The number of carbonyl (C=O) groups excluding carboxylic acids is 1. The fourth-order valence-corrected chi connectivity index (χ4v) is 5.50. The summed E-state index contributed by atoms with van der Waals surface area (Å²) in [5, 5.41) is 10.7. The van der Waals surface area contributed by atoms with Crippen LogP contribution in [0.3, 0.4) is 0 Å². The number of carbonyl (C=O) groups is 1. The van der Waals surface area contributed by atoms with Gasteiger partial charge in [0.15, 0.2) is 0 Å².